The van der Waals surface area contributed by atoms with Crippen molar-refractivity contribution >= 4 is 34.6 Å². The number of anilines is 3. The Hall–Kier alpha value is -3.08. The molecular formula is C22H26N8OS. The van der Waals surface area contributed by atoms with E-state index >= 15 is 0 Å². The molecule has 9 nitrogen and oxygen atoms in total. The molecule has 1 atom stereocenters. The fourth-order valence-electron chi connectivity index (χ4n) is 3.77. The van der Waals surface area contributed by atoms with E-state index in [1.54, 1.807) is 0 Å². The molecule has 4 heterocycles. The van der Waals surface area contributed by atoms with E-state index in [2.05, 4.69) is 55.1 Å². The molecule has 166 valence electrons. The average Bonchev–Trinajstić information content (AvgIpc) is 3.51. The standard InChI is InChI=1S/C22H26N8OS/c1-15-13-20(27-26-15)24-21-19-3-2-10-30(19)28-22(25-21)32-18-6-4-16(5-7-18)23-9-12-29-11-8-17(31)14-29/h2-7,10,13,17,23,31H,8-9,11-12,14H2,1H3,(H2,24,25,26,27,28)/t17-/m1/s1. The summed E-state index contributed by atoms with van der Waals surface area (Å²) in [5.74, 6) is 1.43. The molecule has 0 unspecified atom stereocenters. The zero-order valence-corrected chi connectivity index (χ0v) is 18.6. The predicted octanol–water partition coefficient (Wildman–Crippen LogP) is 3.13. The molecule has 32 heavy (non-hydrogen) atoms. The summed E-state index contributed by atoms with van der Waals surface area (Å²) in [4.78, 5) is 8.07. The number of hydrogen-bond donors (Lipinski definition) is 4. The lowest BCUT2D eigenvalue weighted by molar-refractivity contribution is 0.177. The second-order valence-electron chi connectivity index (χ2n) is 7.94. The summed E-state index contributed by atoms with van der Waals surface area (Å²) < 4.78 is 1.82. The quantitative estimate of drug-likeness (QED) is 0.324. The van der Waals surface area contributed by atoms with Gasteiger partial charge in [0.15, 0.2) is 11.6 Å². The summed E-state index contributed by atoms with van der Waals surface area (Å²) in [5.41, 5.74) is 2.95. The van der Waals surface area contributed by atoms with Gasteiger partial charge in [-0.2, -0.15) is 5.10 Å². The number of aryl methyl sites for hydroxylation is 1. The fraction of sp³-hybridized carbons (Fsp3) is 0.318. The number of nitrogens with zero attached hydrogens (tertiary/aromatic N) is 5. The second-order valence-corrected chi connectivity index (χ2v) is 8.98. The second kappa shape index (κ2) is 9.19. The highest BCUT2D eigenvalue weighted by Crippen LogP contribution is 2.28. The molecule has 1 aliphatic rings. The van der Waals surface area contributed by atoms with Crippen molar-refractivity contribution in [3.63, 3.8) is 0 Å². The van der Waals surface area contributed by atoms with Crippen molar-refractivity contribution in [3.8, 4) is 0 Å². The van der Waals surface area contributed by atoms with Gasteiger partial charge in [-0.25, -0.2) is 9.50 Å². The van der Waals surface area contributed by atoms with Crippen LogP contribution >= 0.6 is 11.8 Å². The number of likely N-dealkylation sites (tertiary alicyclic amines) is 1. The van der Waals surface area contributed by atoms with E-state index in [-0.39, 0.29) is 6.10 Å². The Kier molecular flexibility index (Phi) is 5.97. The van der Waals surface area contributed by atoms with Crippen LogP contribution in [0, 0.1) is 6.92 Å². The average molecular weight is 451 g/mol. The summed E-state index contributed by atoms with van der Waals surface area (Å²) in [5, 5.41) is 28.8. The van der Waals surface area contributed by atoms with Crippen molar-refractivity contribution in [3.05, 3.63) is 54.4 Å². The van der Waals surface area contributed by atoms with Crippen LogP contribution in [0.1, 0.15) is 12.1 Å². The number of aliphatic hydroxyl groups excluding tert-OH is 1. The molecule has 1 saturated heterocycles. The first kappa shape index (κ1) is 20.8. The summed E-state index contributed by atoms with van der Waals surface area (Å²) in [6.07, 6.45) is 2.62. The third-order valence-corrected chi connectivity index (χ3v) is 6.26. The van der Waals surface area contributed by atoms with E-state index in [0.717, 1.165) is 60.2 Å². The third-order valence-electron chi connectivity index (χ3n) is 5.39. The normalized spacial score (nSPS) is 16.6. The van der Waals surface area contributed by atoms with Crippen LogP contribution in [0.5, 0.6) is 0 Å². The molecule has 0 spiro atoms. The molecule has 5 rings (SSSR count). The van der Waals surface area contributed by atoms with Crippen LogP contribution < -0.4 is 10.6 Å². The van der Waals surface area contributed by atoms with E-state index in [4.69, 9.17) is 4.98 Å². The molecule has 0 bridgehead atoms. The Morgan fingerprint density at radius 1 is 1.25 bits per heavy atom. The molecule has 10 heteroatoms. The maximum atomic E-state index is 9.62. The van der Waals surface area contributed by atoms with Gasteiger partial charge in [0.05, 0.1) is 6.10 Å². The van der Waals surface area contributed by atoms with Crippen LogP contribution in [0.3, 0.4) is 0 Å². The highest BCUT2D eigenvalue weighted by Gasteiger charge is 2.19. The zero-order chi connectivity index (χ0) is 21.9. The molecule has 1 aromatic carbocycles. The first-order valence-electron chi connectivity index (χ1n) is 10.7. The number of aromatic amines is 1. The number of nitrogens with one attached hydrogen (secondary N) is 3. The van der Waals surface area contributed by atoms with Crippen LogP contribution in [0.15, 0.2) is 58.7 Å². The largest absolute Gasteiger partial charge is 0.392 e. The van der Waals surface area contributed by atoms with Gasteiger partial charge in [0, 0.05) is 54.7 Å². The summed E-state index contributed by atoms with van der Waals surface area (Å²) in [7, 11) is 0. The number of benzene rings is 1. The fourth-order valence-corrected chi connectivity index (χ4v) is 4.52. The van der Waals surface area contributed by atoms with Gasteiger partial charge < -0.3 is 15.7 Å². The molecular weight excluding hydrogens is 424 g/mol. The molecule has 0 amide bonds. The highest BCUT2D eigenvalue weighted by atomic mass is 32.2. The maximum Gasteiger partial charge on any atom is 0.214 e. The van der Waals surface area contributed by atoms with Crippen molar-refractivity contribution in [2.45, 2.75) is 29.5 Å². The number of β-amino-alcohol motifs (C(OH)–C–C–N with tert-alkyl or cyclic N) is 1. The van der Waals surface area contributed by atoms with Crippen LogP contribution in [0.4, 0.5) is 17.3 Å². The van der Waals surface area contributed by atoms with E-state index in [0.29, 0.717) is 11.0 Å². The van der Waals surface area contributed by atoms with Gasteiger partial charge >= 0.3 is 0 Å². The highest BCUT2D eigenvalue weighted by molar-refractivity contribution is 7.99. The van der Waals surface area contributed by atoms with E-state index in [9.17, 15) is 5.11 Å². The van der Waals surface area contributed by atoms with Gasteiger partial charge in [0.2, 0.25) is 5.16 Å². The SMILES string of the molecule is Cc1cc(Nc2nc(Sc3ccc(NCCN4CC[C@@H](O)C4)cc3)nn3cccc23)n[nH]1. The van der Waals surface area contributed by atoms with E-state index in [1.165, 1.54) is 11.8 Å². The maximum absolute atomic E-state index is 9.62. The first-order valence-corrected chi connectivity index (χ1v) is 11.5. The van der Waals surface area contributed by atoms with Gasteiger partial charge in [-0.15, -0.1) is 5.10 Å². The summed E-state index contributed by atoms with van der Waals surface area (Å²) in [6, 6.07) is 14.1. The lowest BCUT2D eigenvalue weighted by Gasteiger charge is -2.15. The Balaban J connectivity index is 1.24. The third kappa shape index (κ3) is 4.87. The molecule has 0 aliphatic carbocycles. The number of aliphatic hydroxyl groups is 1. The Morgan fingerprint density at radius 2 is 2.12 bits per heavy atom. The molecule has 0 radical (unpaired) electrons. The minimum Gasteiger partial charge on any atom is -0.392 e. The Labute approximate surface area is 190 Å². The lowest BCUT2D eigenvalue weighted by Crippen LogP contribution is -2.27. The zero-order valence-electron chi connectivity index (χ0n) is 17.8. The van der Waals surface area contributed by atoms with Gasteiger partial charge in [0.1, 0.15) is 5.52 Å². The topological polar surface area (TPSA) is 106 Å². The summed E-state index contributed by atoms with van der Waals surface area (Å²) >= 11 is 1.51. The molecule has 3 aromatic heterocycles. The van der Waals surface area contributed by atoms with Crippen molar-refractivity contribution < 1.29 is 5.11 Å². The van der Waals surface area contributed by atoms with Gasteiger partial charge in [0.25, 0.3) is 0 Å². The minimum atomic E-state index is -0.168. The molecule has 0 saturated carbocycles. The minimum absolute atomic E-state index is 0.168. The molecule has 4 N–H and O–H groups in total. The lowest BCUT2D eigenvalue weighted by atomic mass is 10.3. The Bertz CT molecular complexity index is 1190. The number of hydrogen-bond acceptors (Lipinski definition) is 8. The van der Waals surface area contributed by atoms with Crippen molar-refractivity contribution in [2.75, 3.05) is 36.8 Å². The monoisotopic (exact) mass is 450 g/mol. The first-order chi connectivity index (χ1) is 15.6. The Morgan fingerprint density at radius 3 is 2.88 bits per heavy atom. The van der Waals surface area contributed by atoms with Crippen LogP contribution in [-0.4, -0.2) is 67.1 Å². The van der Waals surface area contributed by atoms with E-state index < -0.39 is 0 Å². The van der Waals surface area contributed by atoms with E-state index in [1.807, 2.05) is 35.8 Å². The van der Waals surface area contributed by atoms with Gasteiger partial charge in [-0.3, -0.25) is 10.00 Å². The van der Waals surface area contributed by atoms with Gasteiger partial charge in [-0.1, -0.05) is 0 Å². The van der Waals surface area contributed by atoms with Crippen LogP contribution in [0.25, 0.3) is 5.52 Å². The smallest absolute Gasteiger partial charge is 0.214 e. The number of H-pyrrole nitrogens is 1. The molecule has 1 aliphatic heterocycles. The predicted molar refractivity (Wildman–Crippen MR) is 126 cm³/mol. The summed E-state index contributed by atoms with van der Waals surface area (Å²) in [6.45, 7) is 5.50. The van der Waals surface area contributed by atoms with Crippen molar-refractivity contribution in [2.24, 2.45) is 0 Å². The van der Waals surface area contributed by atoms with Gasteiger partial charge in [-0.05, 0) is 61.5 Å². The molecule has 1 fully saturated rings. The van der Waals surface area contributed by atoms with Crippen molar-refractivity contribution in [1.29, 1.82) is 0 Å². The van der Waals surface area contributed by atoms with Crippen molar-refractivity contribution in [1.82, 2.24) is 29.7 Å². The van der Waals surface area contributed by atoms with Crippen LogP contribution in [-0.2, 0) is 0 Å². The number of rotatable bonds is 8. The molecule has 4 aromatic rings. The number of fused-ring (bicyclic) bond motifs is 1. The van der Waals surface area contributed by atoms with Crippen LogP contribution in [0.2, 0.25) is 0 Å². The number of aromatic nitrogens is 5.